The first-order valence-electron chi connectivity index (χ1n) is 10.5. The Hall–Kier alpha value is -1.98. The molecule has 4 nitrogen and oxygen atoms in total. The minimum atomic E-state index is -0.429. The predicted molar refractivity (Wildman–Crippen MR) is 114 cm³/mol. The molecule has 156 valence electrons. The van der Waals surface area contributed by atoms with Gasteiger partial charge in [0.2, 0.25) is 0 Å². The molecular formula is C25H32O4. The Morgan fingerprint density at radius 1 is 1.03 bits per heavy atom. The van der Waals surface area contributed by atoms with Crippen LogP contribution in [-0.4, -0.2) is 30.0 Å². The van der Waals surface area contributed by atoms with Gasteiger partial charge in [0.25, 0.3) is 0 Å². The van der Waals surface area contributed by atoms with Crippen molar-refractivity contribution in [2.75, 3.05) is 6.61 Å². The summed E-state index contributed by atoms with van der Waals surface area (Å²) in [6.45, 7) is 5.05. The van der Waals surface area contributed by atoms with Crippen molar-refractivity contribution < 1.29 is 19.3 Å². The first-order chi connectivity index (χ1) is 14.2. The van der Waals surface area contributed by atoms with E-state index in [1.807, 2.05) is 48.5 Å². The summed E-state index contributed by atoms with van der Waals surface area (Å²) in [5, 5.41) is 10.2. The lowest BCUT2D eigenvalue weighted by molar-refractivity contribution is -0.253. The van der Waals surface area contributed by atoms with E-state index in [0.29, 0.717) is 26.1 Å². The lowest BCUT2D eigenvalue weighted by Gasteiger charge is -2.37. The monoisotopic (exact) mass is 396 g/mol. The lowest BCUT2D eigenvalue weighted by atomic mass is 9.99. The average Bonchev–Trinajstić information content (AvgIpc) is 2.75. The van der Waals surface area contributed by atoms with Crippen molar-refractivity contribution in [2.45, 2.75) is 63.3 Å². The highest BCUT2D eigenvalue weighted by molar-refractivity contribution is 5.16. The quantitative estimate of drug-likeness (QED) is 0.420. The van der Waals surface area contributed by atoms with E-state index in [1.165, 1.54) is 5.56 Å². The average molecular weight is 397 g/mol. The minimum absolute atomic E-state index is 0.0286. The van der Waals surface area contributed by atoms with Crippen LogP contribution in [0.25, 0.3) is 0 Å². The molecule has 0 aliphatic carbocycles. The van der Waals surface area contributed by atoms with Gasteiger partial charge in [-0.3, -0.25) is 0 Å². The maximum absolute atomic E-state index is 10.2. The van der Waals surface area contributed by atoms with Gasteiger partial charge in [-0.1, -0.05) is 66.7 Å². The third-order valence-electron chi connectivity index (χ3n) is 5.13. The smallest absolute Gasteiger partial charge is 0.184 e. The summed E-state index contributed by atoms with van der Waals surface area (Å²) in [4.78, 5) is 0. The molecule has 3 rings (SSSR count). The second kappa shape index (κ2) is 11.9. The van der Waals surface area contributed by atoms with E-state index in [2.05, 4.69) is 18.7 Å². The summed E-state index contributed by atoms with van der Waals surface area (Å²) in [6.07, 6.45) is 4.80. The van der Waals surface area contributed by atoms with Crippen LogP contribution < -0.4 is 0 Å². The van der Waals surface area contributed by atoms with Crippen molar-refractivity contribution in [1.29, 1.82) is 0 Å². The molecule has 2 aromatic rings. The van der Waals surface area contributed by atoms with Crippen LogP contribution in [0.4, 0.5) is 0 Å². The molecule has 0 saturated carbocycles. The van der Waals surface area contributed by atoms with Gasteiger partial charge in [0.15, 0.2) is 6.29 Å². The van der Waals surface area contributed by atoms with Crippen molar-refractivity contribution in [3.8, 4) is 0 Å². The minimum Gasteiger partial charge on any atom is -0.393 e. The predicted octanol–water partition coefficient (Wildman–Crippen LogP) is 5.18. The molecule has 4 heteroatoms. The molecule has 1 N–H and O–H groups in total. The molecule has 29 heavy (non-hydrogen) atoms. The Labute approximate surface area is 174 Å². The van der Waals surface area contributed by atoms with E-state index < -0.39 is 6.10 Å². The van der Waals surface area contributed by atoms with Gasteiger partial charge >= 0.3 is 0 Å². The van der Waals surface area contributed by atoms with E-state index in [-0.39, 0.29) is 18.5 Å². The van der Waals surface area contributed by atoms with Crippen molar-refractivity contribution in [3.05, 3.63) is 84.4 Å². The highest BCUT2D eigenvalue weighted by Gasteiger charge is 2.31. The van der Waals surface area contributed by atoms with E-state index in [0.717, 1.165) is 24.8 Å². The summed E-state index contributed by atoms with van der Waals surface area (Å²) in [5.41, 5.74) is 2.20. The molecule has 0 spiro atoms. The third kappa shape index (κ3) is 7.41. The maximum atomic E-state index is 10.2. The zero-order chi connectivity index (χ0) is 20.3. The molecule has 0 amide bonds. The Morgan fingerprint density at radius 2 is 1.72 bits per heavy atom. The number of aliphatic hydroxyl groups is 1. The summed E-state index contributed by atoms with van der Waals surface area (Å²) >= 11 is 0. The van der Waals surface area contributed by atoms with Crippen molar-refractivity contribution in [3.63, 3.8) is 0 Å². The Balaban J connectivity index is 1.49. The number of rotatable bonds is 11. The number of hydrogen-bond donors (Lipinski definition) is 1. The largest absolute Gasteiger partial charge is 0.393 e. The van der Waals surface area contributed by atoms with E-state index in [4.69, 9.17) is 14.2 Å². The normalized spacial score (nSPS) is 22.9. The fourth-order valence-electron chi connectivity index (χ4n) is 3.66. The molecule has 4 atom stereocenters. The Morgan fingerprint density at radius 3 is 2.45 bits per heavy atom. The highest BCUT2D eigenvalue weighted by atomic mass is 16.7. The SMILES string of the molecule is C=CC[C@H](O)C[C@@H]1C[C@H](CCCOCc2ccccc2)O[C@H](c2ccccc2)O1. The maximum Gasteiger partial charge on any atom is 0.184 e. The van der Waals surface area contributed by atoms with Crippen LogP contribution in [0.3, 0.4) is 0 Å². The Kier molecular flexibility index (Phi) is 8.90. The number of ether oxygens (including phenoxy) is 3. The summed E-state index contributed by atoms with van der Waals surface area (Å²) in [6, 6.07) is 20.2. The first-order valence-corrected chi connectivity index (χ1v) is 10.5. The molecule has 1 aliphatic rings. The second-order valence-corrected chi connectivity index (χ2v) is 7.59. The fraction of sp³-hybridized carbons (Fsp3) is 0.440. The molecule has 1 fully saturated rings. The zero-order valence-electron chi connectivity index (χ0n) is 17.0. The van der Waals surface area contributed by atoms with Gasteiger partial charge in [-0.25, -0.2) is 0 Å². The van der Waals surface area contributed by atoms with Crippen LogP contribution in [0.2, 0.25) is 0 Å². The zero-order valence-corrected chi connectivity index (χ0v) is 17.0. The van der Waals surface area contributed by atoms with Gasteiger partial charge in [-0.15, -0.1) is 6.58 Å². The van der Waals surface area contributed by atoms with E-state index in [9.17, 15) is 5.11 Å². The number of benzene rings is 2. The van der Waals surface area contributed by atoms with Crippen LogP contribution in [0.1, 0.15) is 49.5 Å². The standard InChI is InChI=1S/C25H32O4/c1-2-10-22(26)17-24-18-23(28-25(29-24)21-13-7-4-8-14-21)15-9-16-27-19-20-11-5-3-6-12-20/h2-8,11-14,22-26H,1,9-10,15-19H2/t22-,23-,24+,25-/m0/s1. The van der Waals surface area contributed by atoms with Crippen molar-refractivity contribution >= 4 is 0 Å². The van der Waals surface area contributed by atoms with E-state index in [1.54, 1.807) is 6.08 Å². The van der Waals surface area contributed by atoms with Crippen molar-refractivity contribution in [2.24, 2.45) is 0 Å². The topological polar surface area (TPSA) is 47.9 Å². The van der Waals surface area contributed by atoms with Gasteiger partial charge in [-0.2, -0.15) is 0 Å². The first kappa shape index (κ1) is 21.7. The van der Waals surface area contributed by atoms with Gasteiger partial charge in [0.05, 0.1) is 24.9 Å². The van der Waals surface area contributed by atoms with Gasteiger partial charge in [0.1, 0.15) is 0 Å². The van der Waals surface area contributed by atoms with Gasteiger partial charge < -0.3 is 19.3 Å². The van der Waals surface area contributed by atoms with E-state index >= 15 is 0 Å². The Bertz CT molecular complexity index is 703. The molecule has 1 heterocycles. The number of aliphatic hydroxyl groups excluding tert-OH is 1. The van der Waals surface area contributed by atoms with Crippen LogP contribution in [0, 0.1) is 0 Å². The van der Waals surface area contributed by atoms with Gasteiger partial charge in [-0.05, 0) is 24.8 Å². The molecule has 0 radical (unpaired) electrons. The summed E-state index contributed by atoms with van der Waals surface area (Å²) in [5.74, 6) is 0. The summed E-state index contributed by atoms with van der Waals surface area (Å²) < 4.78 is 18.2. The molecule has 1 aliphatic heterocycles. The number of hydrogen-bond acceptors (Lipinski definition) is 4. The molecule has 2 aromatic carbocycles. The molecule has 0 unspecified atom stereocenters. The lowest BCUT2D eigenvalue weighted by Crippen LogP contribution is -2.36. The fourth-order valence-corrected chi connectivity index (χ4v) is 3.66. The van der Waals surface area contributed by atoms with Crippen molar-refractivity contribution in [1.82, 2.24) is 0 Å². The van der Waals surface area contributed by atoms with Crippen LogP contribution in [-0.2, 0) is 20.8 Å². The van der Waals surface area contributed by atoms with Gasteiger partial charge in [0, 0.05) is 25.0 Å². The highest BCUT2D eigenvalue weighted by Crippen LogP contribution is 2.33. The molecule has 0 aromatic heterocycles. The summed E-state index contributed by atoms with van der Waals surface area (Å²) in [7, 11) is 0. The molecular weight excluding hydrogens is 364 g/mol. The van der Waals surface area contributed by atoms with Crippen LogP contribution in [0.15, 0.2) is 73.3 Å². The van der Waals surface area contributed by atoms with Crippen LogP contribution >= 0.6 is 0 Å². The second-order valence-electron chi connectivity index (χ2n) is 7.59. The third-order valence-corrected chi connectivity index (χ3v) is 5.13. The molecule has 1 saturated heterocycles. The molecule has 0 bridgehead atoms. The van der Waals surface area contributed by atoms with Crippen LogP contribution in [0.5, 0.6) is 0 Å².